The number of rotatable bonds is 9. The first-order chi connectivity index (χ1) is 9.24. The highest BCUT2D eigenvalue weighted by Crippen LogP contribution is 2.11. The molecule has 3 heteroatoms. The quantitative estimate of drug-likeness (QED) is 0.547. The van der Waals surface area contributed by atoms with Gasteiger partial charge in [0, 0.05) is 12.5 Å². The molecule has 0 bridgehead atoms. The molecule has 0 aliphatic rings. The molecule has 0 fully saturated rings. The number of ether oxygens (including phenoxy) is 1. The number of carbonyl (C=O) groups is 1. The van der Waals surface area contributed by atoms with Crippen LogP contribution in [0.15, 0.2) is 30.3 Å². The van der Waals surface area contributed by atoms with Crippen molar-refractivity contribution < 1.29 is 9.53 Å². The minimum absolute atomic E-state index is 0.0758. The van der Waals surface area contributed by atoms with Crippen molar-refractivity contribution in [1.82, 2.24) is 5.32 Å². The highest BCUT2D eigenvalue weighted by Gasteiger charge is 2.03. The summed E-state index contributed by atoms with van der Waals surface area (Å²) in [4.78, 5) is 11.1. The molecule has 0 heterocycles. The van der Waals surface area contributed by atoms with E-state index >= 15 is 0 Å². The molecule has 106 valence electrons. The Morgan fingerprint density at radius 3 is 2.63 bits per heavy atom. The highest BCUT2D eigenvalue weighted by atomic mass is 16.5. The molecule has 0 amide bonds. The first kappa shape index (κ1) is 15.7. The lowest BCUT2D eigenvalue weighted by Crippen LogP contribution is -2.19. The smallest absolute Gasteiger partial charge is 0.305 e. The fourth-order valence-corrected chi connectivity index (χ4v) is 1.98. The molecule has 0 unspecified atom stereocenters. The summed E-state index contributed by atoms with van der Waals surface area (Å²) in [6.07, 6.45) is 3.62. The third-order valence-corrected chi connectivity index (χ3v) is 3.11. The Labute approximate surface area is 116 Å². The van der Waals surface area contributed by atoms with Crippen molar-refractivity contribution in [2.45, 2.75) is 45.6 Å². The molecule has 19 heavy (non-hydrogen) atoms. The Hall–Kier alpha value is -1.35. The molecule has 1 aromatic carbocycles. The second-order valence-corrected chi connectivity index (χ2v) is 4.70. The second-order valence-electron chi connectivity index (χ2n) is 4.70. The standard InChI is InChI=1S/C16H25NO2/c1-3-19-16(18)12-8-5-9-13-17-14(2)15-10-6-4-7-11-15/h4,6-7,10-11,14,17H,3,5,8-9,12-13H2,1-2H3/t14-/m0/s1. The van der Waals surface area contributed by atoms with Crippen molar-refractivity contribution >= 4 is 5.97 Å². The van der Waals surface area contributed by atoms with E-state index in [1.807, 2.05) is 13.0 Å². The average molecular weight is 263 g/mol. The lowest BCUT2D eigenvalue weighted by atomic mass is 10.1. The number of unbranched alkanes of at least 4 members (excludes halogenated alkanes) is 2. The Bertz CT molecular complexity index is 351. The Balaban J connectivity index is 2.03. The monoisotopic (exact) mass is 263 g/mol. The fraction of sp³-hybridized carbons (Fsp3) is 0.562. The summed E-state index contributed by atoms with van der Waals surface area (Å²) >= 11 is 0. The molecule has 1 rings (SSSR count). The van der Waals surface area contributed by atoms with Crippen LogP contribution >= 0.6 is 0 Å². The van der Waals surface area contributed by atoms with Gasteiger partial charge in [-0.05, 0) is 38.8 Å². The molecule has 0 saturated carbocycles. The van der Waals surface area contributed by atoms with Gasteiger partial charge in [0.15, 0.2) is 0 Å². The summed E-state index contributed by atoms with van der Waals surface area (Å²) in [6.45, 7) is 5.48. The summed E-state index contributed by atoms with van der Waals surface area (Å²) in [5.74, 6) is -0.0758. The van der Waals surface area contributed by atoms with Gasteiger partial charge in [0.05, 0.1) is 6.61 Å². The van der Waals surface area contributed by atoms with Crippen LogP contribution in [0.5, 0.6) is 0 Å². The van der Waals surface area contributed by atoms with E-state index in [-0.39, 0.29) is 5.97 Å². The van der Waals surface area contributed by atoms with E-state index in [9.17, 15) is 4.79 Å². The Morgan fingerprint density at radius 2 is 1.95 bits per heavy atom. The minimum Gasteiger partial charge on any atom is -0.466 e. The van der Waals surface area contributed by atoms with Gasteiger partial charge in [-0.1, -0.05) is 36.8 Å². The van der Waals surface area contributed by atoms with Gasteiger partial charge in [-0.15, -0.1) is 0 Å². The van der Waals surface area contributed by atoms with Crippen LogP contribution in [0.4, 0.5) is 0 Å². The van der Waals surface area contributed by atoms with Gasteiger partial charge in [-0.3, -0.25) is 4.79 Å². The maximum atomic E-state index is 11.1. The van der Waals surface area contributed by atoms with Gasteiger partial charge in [0.2, 0.25) is 0 Å². The molecule has 0 aromatic heterocycles. The molecular formula is C16H25NO2. The predicted octanol–water partition coefficient (Wildman–Crippen LogP) is 3.46. The third kappa shape index (κ3) is 6.97. The molecule has 0 aliphatic heterocycles. The lowest BCUT2D eigenvalue weighted by Gasteiger charge is -2.13. The summed E-state index contributed by atoms with van der Waals surface area (Å²) < 4.78 is 4.89. The zero-order valence-electron chi connectivity index (χ0n) is 12.0. The number of hydrogen-bond donors (Lipinski definition) is 1. The van der Waals surface area contributed by atoms with Crippen LogP contribution in [0.3, 0.4) is 0 Å². The second kappa shape index (κ2) is 9.56. The number of carbonyl (C=O) groups excluding carboxylic acids is 1. The van der Waals surface area contributed by atoms with E-state index in [1.54, 1.807) is 0 Å². The lowest BCUT2D eigenvalue weighted by molar-refractivity contribution is -0.143. The van der Waals surface area contributed by atoms with E-state index in [0.717, 1.165) is 25.8 Å². The largest absolute Gasteiger partial charge is 0.466 e. The first-order valence-electron chi connectivity index (χ1n) is 7.18. The first-order valence-corrected chi connectivity index (χ1v) is 7.18. The van der Waals surface area contributed by atoms with E-state index in [2.05, 4.69) is 36.5 Å². The topological polar surface area (TPSA) is 38.3 Å². The van der Waals surface area contributed by atoms with Gasteiger partial charge in [0.25, 0.3) is 0 Å². The highest BCUT2D eigenvalue weighted by molar-refractivity contribution is 5.69. The third-order valence-electron chi connectivity index (χ3n) is 3.11. The van der Waals surface area contributed by atoms with Crippen LogP contribution < -0.4 is 5.32 Å². The Morgan fingerprint density at radius 1 is 1.21 bits per heavy atom. The zero-order chi connectivity index (χ0) is 13.9. The number of esters is 1. The van der Waals surface area contributed by atoms with Gasteiger partial charge in [0.1, 0.15) is 0 Å². The van der Waals surface area contributed by atoms with E-state index in [1.165, 1.54) is 5.56 Å². The number of benzene rings is 1. The SMILES string of the molecule is CCOC(=O)CCCCCN[C@@H](C)c1ccccc1. The van der Waals surface area contributed by atoms with E-state index < -0.39 is 0 Å². The van der Waals surface area contributed by atoms with Crippen molar-refractivity contribution in [3.63, 3.8) is 0 Å². The molecule has 0 radical (unpaired) electrons. The summed E-state index contributed by atoms with van der Waals surface area (Å²) in [5.41, 5.74) is 1.31. The van der Waals surface area contributed by atoms with E-state index in [0.29, 0.717) is 19.1 Å². The van der Waals surface area contributed by atoms with Crippen LogP contribution in [0.1, 0.15) is 51.1 Å². The van der Waals surface area contributed by atoms with Crippen LogP contribution in [-0.2, 0) is 9.53 Å². The number of nitrogens with one attached hydrogen (secondary N) is 1. The summed E-state index contributed by atoms with van der Waals surface area (Å²) in [6, 6.07) is 10.8. The summed E-state index contributed by atoms with van der Waals surface area (Å²) in [7, 11) is 0. The van der Waals surface area contributed by atoms with Gasteiger partial charge in [-0.2, -0.15) is 0 Å². The molecule has 3 nitrogen and oxygen atoms in total. The van der Waals surface area contributed by atoms with Crippen LogP contribution in [0.25, 0.3) is 0 Å². The van der Waals surface area contributed by atoms with Crippen LogP contribution in [-0.4, -0.2) is 19.1 Å². The molecule has 1 aromatic rings. The van der Waals surface area contributed by atoms with Crippen molar-refractivity contribution in [2.75, 3.05) is 13.2 Å². The average Bonchev–Trinajstić information content (AvgIpc) is 2.43. The van der Waals surface area contributed by atoms with Crippen molar-refractivity contribution in [2.24, 2.45) is 0 Å². The Kier molecular flexibility index (Phi) is 7.91. The molecular weight excluding hydrogens is 238 g/mol. The van der Waals surface area contributed by atoms with Crippen molar-refractivity contribution in [1.29, 1.82) is 0 Å². The van der Waals surface area contributed by atoms with Crippen molar-refractivity contribution in [3.05, 3.63) is 35.9 Å². The van der Waals surface area contributed by atoms with Crippen LogP contribution in [0.2, 0.25) is 0 Å². The predicted molar refractivity (Wildman–Crippen MR) is 78.0 cm³/mol. The summed E-state index contributed by atoms with van der Waals surface area (Å²) in [5, 5.41) is 3.50. The van der Waals surface area contributed by atoms with Gasteiger partial charge < -0.3 is 10.1 Å². The van der Waals surface area contributed by atoms with Crippen molar-refractivity contribution in [3.8, 4) is 0 Å². The molecule has 0 aliphatic carbocycles. The number of hydrogen-bond acceptors (Lipinski definition) is 3. The molecule has 1 N–H and O–H groups in total. The maximum Gasteiger partial charge on any atom is 0.305 e. The zero-order valence-corrected chi connectivity index (χ0v) is 12.0. The normalized spacial score (nSPS) is 12.1. The van der Waals surface area contributed by atoms with Crippen LogP contribution in [0, 0.1) is 0 Å². The van der Waals surface area contributed by atoms with E-state index in [4.69, 9.17) is 4.74 Å². The fourth-order valence-electron chi connectivity index (χ4n) is 1.98. The van der Waals surface area contributed by atoms with Gasteiger partial charge in [-0.25, -0.2) is 0 Å². The maximum absolute atomic E-state index is 11.1. The molecule has 0 saturated heterocycles. The molecule has 0 spiro atoms. The molecule has 1 atom stereocenters. The van der Waals surface area contributed by atoms with Gasteiger partial charge >= 0.3 is 5.97 Å². The minimum atomic E-state index is -0.0758.